The summed E-state index contributed by atoms with van der Waals surface area (Å²) in [6, 6.07) is 9.55. The van der Waals surface area contributed by atoms with Gasteiger partial charge >= 0.3 is 0 Å². The Kier molecular flexibility index (Phi) is 6.53. The largest absolute Gasteiger partial charge is 0.347 e. The molecular formula is C15H25N3O. The van der Waals surface area contributed by atoms with Crippen molar-refractivity contribution in [2.75, 3.05) is 20.6 Å². The minimum Gasteiger partial charge on any atom is -0.347 e. The summed E-state index contributed by atoms with van der Waals surface area (Å²) < 4.78 is 0. The van der Waals surface area contributed by atoms with Crippen molar-refractivity contribution < 1.29 is 4.79 Å². The van der Waals surface area contributed by atoms with Crippen LogP contribution in [0, 0.1) is 0 Å². The predicted molar refractivity (Wildman–Crippen MR) is 78.8 cm³/mol. The van der Waals surface area contributed by atoms with Crippen LogP contribution in [0.5, 0.6) is 0 Å². The van der Waals surface area contributed by atoms with Gasteiger partial charge in [-0.1, -0.05) is 43.7 Å². The molecule has 3 N–H and O–H groups in total. The van der Waals surface area contributed by atoms with Crippen LogP contribution in [-0.2, 0) is 4.79 Å². The molecule has 0 radical (unpaired) electrons. The van der Waals surface area contributed by atoms with Gasteiger partial charge in [0.05, 0.1) is 12.1 Å². The molecule has 0 aliphatic rings. The first-order valence-corrected chi connectivity index (χ1v) is 6.80. The van der Waals surface area contributed by atoms with Crippen molar-refractivity contribution in [3.63, 3.8) is 0 Å². The van der Waals surface area contributed by atoms with Crippen molar-refractivity contribution in [1.29, 1.82) is 0 Å². The van der Waals surface area contributed by atoms with Gasteiger partial charge in [-0.2, -0.15) is 0 Å². The molecule has 0 heterocycles. The molecule has 0 aliphatic carbocycles. The highest BCUT2D eigenvalue weighted by Crippen LogP contribution is 2.13. The number of amides is 1. The van der Waals surface area contributed by atoms with Gasteiger partial charge in [0, 0.05) is 6.54 Å². The quantitative estimate of drug-likeness (QED) is 0.784. The third-order valence-corrected chi connectivity index (χ3v) is 3.00. The van der Waals surface area contributed by atoms with Crippen molar-refractivity contribution in [1.82, 2.24) is 10.2 Å². The molecule has 0 saturated carbocycles. The smallest absolute Gasteiger partial charge is 0.237 e. The van der Waals surface area contributed by atoms with Crippen LogP contribution in [0.1, 0.15) is 31.4 Å². The summed E-state index contributed by atoms with van der Waals surface area (Å²) in [5.41, 5.74) is 6.96. The van der Waals surface area contributed by atoms with Gasteiger partial charge in [0.25, 0.3) is 0 Å². The van der Waals surface area contributed by atoms with Crippen LogP contribution in [0.3, 0.4) is 0 Å². The molecule has 19 heavy (non-hydrogen) atoms. The van der Waals surface area contributed by atoms with Crippen molar-refractivity contribution in [3.05, 3.63) is 35.9 Å². The maximum Gasteiger partial charge on any atom is 0.237 e. The molecule has 0 aromatic heterocycles. The van der Waals surface area contributed by atoms with Gasteiger partial charge < -0.3 is 16.0 Å². The highest BCUT2D eigenvalue weighted by Gasteiger charge is 2.19. The van der Waals surface area contributed by atoms with E-state index >= 15 is 0 Å². The fourth-order valence-corrected chi connectivity index (χ4v) is 2.01. The molecule has 106 valence electrons. The fourth-order valence-electron chi connectivity index (χ4n) is 2.01. The van der Waals surface area contributed by atoms with Gasteiger partial charge in [0.2, 0.25) is 5.91 Å². The number of nitrogens with one attached hydrogen (secondary N) is 1. The Balaban J connectivity index is 2.73. The molecule has 2 unspecified atom stereocenters. The zero-order valence-electron chi connectivity index (χ0n) is 12.1. The predicted octanol–water partition coefficient (Wildman–Crippen LogP) is 1.53. The molecule has 1 amide bonds. The number of carbonyl (C=O) groups excluding carboxylic acids is 1. The monoisotopic (exact) mass is 263 g/mol. The summed E-state index contributed by atoms with van der Waals surface area (Å²) in [7, 11) is 3.99. The van der Waals surface area contributed by atoms with E-state index in [0.29, 0.717) is 0 Å². The van der Waals surface area contributed by atoms with Crippen molar-refractivity contribution >= 4 is 5.91 Å². The van der Waals surface area contributed by atoms with E-state index in [2.05, 4.69) is 10.2 Å². The molecule has 4 heteroatoms. The van der Waals surface area contributed by atoms with Crippen LogP contribution < -0.4 is 11.1 Å². The van der Waals surface area contributed by atoms with Crippen molar-refractivity contribution in [3.8, 4) is 0 Å². The number of hydrogen-bond acceptors (Lipinski definition) is 3. The second-order valence-electron chi connectivity index (χ2n) is 5.13. The lowest BCUT2D eigenvalue weighted by Crippen LogP contribution is -2.44. The Hall–Kier alpha value is -1.39. The van der Waals surface area contributed by atoms with E-state index in [1.165, 1.54) is 0 Å². The van der Waals surface area contributed by atoms with E-state index in [1.54, 1.807) is 0 Å². The van der Waals surface area contributed by atoms with Crippen LogP contribution in [0.2, 0.25) is 0 Å². The van der Waals surface area contributed by atoms with Crippen molar-refractivity contribution in [2.45, 2.75) is 31.8 Å². The molecule has 0 spiro atoms. The number of benzene rings is 1. The van der Waals surface area contributed by atoms with E-state index in [9.17, 15) is 4.79 Å². The average Bonchev–Trinajstić information content (AvgIpc) is 2.38. The van der Waals surface area contributed by atoms with E-state index in [1.807, 2.05) is 51.4 Å². The summed E-state index contributed by atoms with van der Waals surface area (Å²) in [4.78, 5) is 14.1. The minimum absolute atomic E-state index is 0.0217. The SMILES string of the molecule is CCCC(N)C(=O)NC(CN(C)C)c1ccccc1. The Bertz CT molecular complexity index is 378. The number of nitrogens with zero attached hydrogens (tertiary/aromatic N) is 1. The summed E-state index contributed by atoms with van der Waals surface area (Å²) in [6.45, 7) is 2.79. The number of rotatable bonds is 7. The minimum atomic E-state index is -0.418. The molecule has 0 saturated heterocycles. The van der Waals surface area contributed by atoms with Gasteiger partial charge in [0.15, 0.2) is 0 Å². The highest BCUT2D eigenvalue weighted by atomic mass is 16.2. The van der Waals surface area contributed by atoms with Crippen LogP contribution in [0.25, 0.3) is 0 Å². The van der Waals surface area contributed by atoms with E-state index in [-0.39, 0.29) is 11.9 Å². The average molecular weight is 263 g/mol. The molecule has 0 bridgehead atoms. The Morgan fingerprint density at radius 3 is 2.47 bits per heavy atom. The normalized spacial score (nSPS) is 14.2. The Labute approximate surface area is 116 Å². The first kappa shape index (κ1) is 15.7. The first-order valence-electron chi connectivity index (χ1n) is 6.80. The van der Waals surface area contributed by atoms with Gasteiger partial charge in [-0.3, -0.25) is 4.79 Å². The highest BCUT2D eigenvalue weighted by molar-refractivity contribution is 5.81. The van der Waals surface area contributed by atoms with E-state index < -0.39 is 6.04 Å². The van der Waals surface area contributed by atoms with E-state index in [4.69, 9.17) is 5.73 Å². The van der Waals surface area contributed by atoms with Crippen molar-refractivity contribution in [2.24, 2.45) is 5.73 Å². The molecule has 1 aromatic carbocycles. The molecule has 0 aliphatic heterocycles. The Morgan fingerprint density at radius 1 is 1.32 bits per heavy atom. The van der Waals surface area contributed by atoms with Crippen LogP contribution in [-0.4, -0.2) is 37.5 Å². The topological polar surface area (TPSA) is 58.4 Å². The summed E-state index contributed by atoms with van der Waals surface area (Å²) >= 11 is 0. The zero-order valence-corrected chi connectivity index (χ0v) is 12.1. The third-order valence-electron chi connectivity index (χ3n) is 3.00. The molecule has 4 nitrogen and oxygen atoms in total. The molecule has 1 aromatic rings. The number of hydrogen-bond donors (Lipinski definition) is 2. The fraction of sp³-hybridized carbons (Fsp3) is 0.533. The summed E-state index contributed by atoms with van der Waals surface area (Å²) in [5, 5.41) is 3.04. The number of likely N-dealkylation sites (N-methyl/N-ethyl adjacent to an activating group) is 1. The van der Waals surface area contributed by atoms with Gasteiger partial charge in [0.1, 0.15) is 0 Å². The summed E-state index contributed by atoms with van der Waals surface area (Å²) in [5.74, 6) is -0.0717. The standard InChI is InChI=1S/C15H25N3O/c1-4-8-13(16)15(19)17-14(11-18(2)3)12-9-6-5-7-10-12/h5-7,9-10,13-14H,4,8,11,16H2,1-3H3,(H,17,19). The van der Waals surface area contributed by atoms with Gasteiger partial charge in [-0.25, -0.2) is 0 Å². The van der Waals surface area contributed by atoms with Gasteiger partial charge in [-0.15, -0.1) is 0 Å². The van der Waals surface area contributed by atoms with Crippen LogP contribution in [0.4, 0.5) is 0 Å². The third kappa shape index (κ3) is 5.41. The number of carbonyl (C=O) groups is 1. The second kappa shape index (κ2) is 7.92. The Morgan fingerprint density at radius 2 is 1.95 bits per heavy atom. The molecule has 0 fully saturated rings. The molecular weight excluding hydrogens is 238 g/mol. The second-order valence-corrected chi connectivity index (χ2v) is 5.13. The number of nitrogens with two attached hydrogens (primary N) is 1. The van der Waals surface area contributed by atoms with Gasteiger partial charge in [-0.05, 0) is 26.1 Å². The molecule has 1 rings (SSSR count). The zero-order chi connectivity index (χ0) is 14.3. The van der Waals surface area contributed by atoms with Crippen LogP contribution in [0.15, 0.2) is 30.3 Å². The summed E-state index contributed by atoms with van der Waals surface area (Å²) in [6.07, 6.45) is 1.63. The molecule has 2 atom stereocenters. The lowest BCUT2D eigenvalue weighted by molar-refractivity contribution is -0.123. The first-order chi connectivity index (χ1) is 9.04. The lowest BCUT2D eigenvalue weighted by atomic mass is 10.1. The maximum absolute atomic E-state index is 12.0. The van der Waals surface area contributed by atoms with E-state index in [0.717, 1.165) is 24.9 Å². The van der Waals surface area contributed by atoms with Crippen LogP contribution >= 0.6 is 0 Å². The maximum atomic E-state index is 12.0. The lowest BCUT2D eigenvalue weighted by Gasteiger charge is -2.24.